The average Bonchev–Trinajstić information content (AvgIpc) is 2.56. The molecule has 0 unspecified atom stereocenters. The molecule has 2 rings (SSSR count). The number of methoxy groups -OCH3 is 3. The SMILES string of the molecule is COc1cc(NC(=O)Cn2ccc(=O)[nH]c2=O)cc(OC)c1OC. The molecule has 0 atom stereocenters. The summed E-state index contributed by atoms with van der Waals surface area (Å²) < 4.78 is 16.7. The van der Waals surface area contributed by atoms with Gasteiger partial charge in [0.1, 0.15) is 6.54 Å². The minimum Gasteiger partial charge on any atom is -0.493 e. The summed E-state index contributed by atoms with van der Waals surface area (Å²) >= 11 is 0. The zero-order valence-corrected chi connectivity index (χ0v) is 13.4. The molecule has 0 aliphatic carbocycles. The third kappa shape index (κ3) is 3.75. The Morgan fingerprint density at radius 2 is 1.75 bits per heavy atom. The number of ether oxygens (including phenoxy) is 3. The fourth-order valence-corrected chi connectivity index (χ4v) is 2.08. The van der Waals surface area contributed by atoms with Crippen LogP contribution in [0.15, 0.2) is 34.0 Å². The first-order chi connectivity index (χ1) is 11.5. The van der Waals surface area contributed by atoms with Crippen LogP contribution in [-0.4, -0.2) is 36.8 Å². The van der Waals surface area contributed by atoms with Crippen molar-refractivity contribution in [2.24, 2.45) is 0 Å². The van der Waals surface area contributed by atoms with Crippen LogP contribution in [0.1, 0.15) is 0 Å². The number of aromatic amines is 1. The summed E-state index contributed by atoms with van der Waals surface area (Å²) in [7, 11) is 4.40. The lowest BCUT2D eigenvalue weighted by molar-refractivity contribution is -0.116. The third-order valence-corrected chi connectivity index (χ3v) is 3.16. The summed E-state index contributed by atoms with van der Waals surface area (Å²) in [4.78, 5) is 36.8. The van der Waals surface area contributed by atoms with Crippen molar-refractivity contribution in [3.05, 3.63) is 45.2 Å². The number of aromatic nitrogens is 2. The number of nitrogens with zero attached hydrogens (tertiary/aromatic N) is 1. The highest BCUT2D eigenvalue weighted by molar-refractivity contribution is 5.91. The van der Waals surface area contributed by atoms with Crippen LogP contribution in [0.2, 0.25) is 0 Å². The summed E-state index contributed by atoms with van der Waals surface area (Å²) in [5.41, 5.74) is -0.782. The van der Waals surface area contributed by atoms with Gasteiger partial charge in [-0.1, -0.05) is 0 Å². The Balaban J connectivity index is 2.22. The van der Waals surface area contributed by atoms with Gasteiger partial charge < -0.3 is 19.5 Å². The van der Waals surface area contributed by atoms with E-state index in [1.54, 1.807) is 12.1 Å². The molecular formula is C15H17N3O6. The van der Waals surface area contributed by atoms with Crippen molar-refractivity contribution < 1.29 is 19.0 Å². The summed E-state index contributed by atoms with van der Waals surface area (Å²) in [6.07, 6.45) is 1.25. The van der Waals surface area contributed by atoms with Crippen molar-refractivity contribution in [3.63, 3.8) is 0 Å². The van der Waals surface area contributed by atoms with Crippen LogP contribution in [0.4, 0.5) is 5.69 Å². The van der Waals surface area contributed by atoms with Gasteiger partial charge in [0, 0.05) is 30.1 Å². The van der Waals surface area contributed by atoms with Gasteiger partial charge in [0.25, 0.3) is 5.56 Å². The van der Waals surface area contributed by atoms with Gasteiger partial charge in [-0.15, -0.1) is 0 Å². The van der Waals surface area contributed by atoms with Crippen LogP contribution in [-0.2, 0) is 11.3 Å². The van der Waals surface area contributed by atoms with Crippen LogP contribution in [0.25, 0.3) is 0 Å². The summed E-state index contributed by atoms with van der Waals surface area (Å²) in [5.74, 6) is 0.704. The van der Waals surface area contributed by atoms with Crippen LogP contribution in [0, 0.1) is 0 Å². The van der Waals surface area contributed by atoms with Crippen molar-refractivity contribution >= 4 is 11.6 Å². The topological polar surface area (TPSA) is 112 Å². The molecule has 0 aliphatic heterocycles. The molecule has 0 radical (unpaired) electrons. The molecule has 1 amide bonds. The maximum Gasteiger partial charge on any atom is 0.328 e. The largest absolute Gasteiger partial charge is 0.493 e. The van der Waals surface area contributed by atoms with Crippen molar-refractivity contribution in [1.82, 2.24) is 9.55 Å². The second kappa shape index (κ2) is 7.36. The highest BCUT2D eigenvalue weighted by Gasteiger charge is 2.14. The average molecular weight is 335 g/mol. The number of benzene rings is 1. The van der Waals surface area contributed by atoms with Crippen LogP contribution >= 0.6 is 0 Å². The zero-order chi connectivity index (χ0) is 17.7. The quantitative estimate of drug-likeness (QED) is 0.780. The van der Waals surface area contributed by atoms with Gasteiger partial charge in [0.15, 0.2) is 11.5 Å². The standard InChI is InChI=1S/C15H17N3O6/c1-22-10-6-9(7-11(23-2)14(10)24-3)16-13(20)8-18-5-4-12(19)17-15(18)21/h4-7H,8H2,1-3H3,(H,16,20)(H,17,19,21). The fraction of sp³-hybridized carbons (Fsp3) is 0.267. The van der Waals surface area contributed by atoms with Crippen molar-refractivity contribution in [2.45, 2.75) is 6.54 Å². The molecule has 1 aromatic heterocycles. The van der Waals surface area contributed by atoms with Gasteiger partial charge >= 0.3 is 5.69 Å². The Kier molecular flexibility index (Phi) is 5.25. The normalized spacial score (nSPS) is 10.1. The Morgan fingerprint density at radius 3 is 2.25 bits per heavy atom. The highest BCUT2D eigenvalue weighted by atomic mass is 16.5. The Morgan fingerprint density at radius 1 is 1.12 bits per heavy atom. The predicted molar refractivity (Wildman–Crippen MR) is 86.1 cm³/mol. The number of carbonyl (C=O) groups is 1. The minimum atomic E-state index is -0.664. The molecule has 9 heteroatoms. The monoisotopic (exact) mass is 335 g/mol. The number of hydrogen-bond donors (Lipinski definition) is 2. The summed E-state index contributed by atoms with van der Waals surface area (Å²) in [6, 6.07) is 4.29. The van der Waals surface area contributed by atoms with E-state index < -0.39 is 17.2 Å². The molecule has 0 spiro atoms. The number of hydrogen-bond acceptors (Lipinski definition) is 6. The molecule has 2 aromatic rings. The Bertz CT molecular complexity index is 830. The summed E-state index contributed by atoms with van der Waals surface area (Å²) in [6.45, 7) is -0.258. The maximum absolute atomic E-state index is 12.1. The Hall–Kier alpha value is -3.23. The number of rotatable bonds is 6. The molecule has 0 bridgehead atoms. The lowest BCUT2D eigenvalue weighted by atomic mass is 10.2. The van der Waals surface area contributed by atoms with Gasteiger partial charge in [-0.25, -0.2) is 4.79 Å². The van der Waals surface area contributed by atoms with Crippen molar-refractivity contribution in [2.75, 3.05) is 26.6 Å². The van der Waals surface area contributed by atoms with E-state index in [0.717, 1.165) is 10.6 Å². The second-order valence-corrected chi connectivity index (χ2v) is 4.70. The van der Waals surface area contributed by atoms with E-state index in [1.165, 1.54) is 27.5 Å². The molecule has 0 aliphatic rings. The van der Waals surface area contributed by atoms with E-state index in [-0.39, 0.29) is 6.54 Å². The van der Waals surface area contributed by atoms with E-state index in [0.29, 0.717) is 22.9 Å². The Labute approximate surface area is 136 Å². The number of amides is 1. The van der Waals surface area contributed by atoms with E-state index in [4.69, 9.17) is 14.2 Å². The number of nitrogens with one attached hydrogen (secondary N) is 2. The van der Waals surface area contributed by atoms with Crippen LogP contribution in [0.3, 0.4) is 0 Å². The van der Waals surface area contributed by atoms with Crippen molar-refractivity contribution in [1.29, 1.82) is 0 Å². The van der Waals surface area contributed by atoms with Gasteiger partial charge in [-0.3, -0.25) is 19.1 Å². The molecule has 24 heavy (non-hydrogen) atoms. The number of anilines is 1. The predicted octanol–water partition coefficient (Wildman–Crippen LogP) is 0.201. The first-order valence-corrected chi connectivity index (χ1v) is 6.88. The zero-order valence-electron chi connectivity index (χ0n) is 13.4. The minimum absolute atomic E-state index is 0.258. The first kappa shape index (κ1) is 17.1. The van der Waals surface area contributed by atoms with Crippen molar-refractivity contribution in [3.8, 4) is 17.2 Å². The van der Waals surface area contributed by atoms with Crippen LogP contribution in [0.5, 0.6) is 17.2 Å². The summed E-state index contributed by atoms with van der Waals surface area (Å²) in [5, 5.41) is 2.63. The molecule has 9 nitrogen and oxygen atoms in total. The third-order valence-electron chi connectivity index (χ3n) is 3.16. The molecule has 0 saturated carbocycles. The molecule has 1 heterocycles. The van der Waals surface area contributed by atoms with E-state index in [2.05, 4.69) is 10.3 Å². The first-order valence-electron chi connectivity index (χ1n) is 6.88. The lowest BCUT2D eigenvalue weighted by Crippen LogP contribution is -2.32. The molecule has 2 N–H and O–H groups in total. The van der Waals surface area contributed by atoms with Crippen LogP contribution < -0.4 is 30.8 Å². The molecular weight excluding hydrogens is 318 g/mol. The van der Waals surface area contributed by atoms with E-state index >= 15 is 0 Å². The van der Waals surface area contributed by atoms with E-state index in [1.807, 2.05) is 0 Å². The van der Waals surface area contributed by atoms with Gasteiger partial charge in [0.05, 0.1) is 21.3 Å². The molecule has 0 fully saturated rings. The van der Waals surface area contributed by atoms with Gasteiger partial charge in [-0.05, 0) is 0 Å². The lowest BCUT2D eigenvalue weighted by Gasteiger charge is -2.14. The fourth-order valence-electron chi connectivity index (χ4n) is 2.08. The number of H-pyrrole nitrogens is 1. The molecule has 128 valence electrons. The second-order valence-electron chi connectivity index (χ2n) is 4.70. The maximum atomic E-state index is 12.1. The van der Waals surface area contributed by atoms with E-state index in [9.17, 15) is 14.4 Å². The number of carbonyl (C=O) groups excluding carboxylic acids is 1. The smallest absolute Gasteiger partial charge is 0.328 e. The van der Waals surface area contributed by atoms with Gasteiger partial charge in [-0.2, -0.15) is 0 Å². The molecule has 0 saturated heterocycles. The molecule has 1 aromatic carbocycles. The highest BCUT2D eigenvalue weighted by Crippen LogP contribution is 2.39. The van der Waals surface area contributed by atoms with Gasteiger partial charge in [0.2, 0.25) is 11.7 Å².